The van der Waals surface area contributed by atoms with Gasteiger partial charge in [0.1, 0.15) is 11.3 Å². The first-order chi connectivity index (χ1) is 11.6. The Bertz CT molecular complexity index is 1130. The molecule has 0 saturated heterocycles. The summed E-state index contributed by atoms with van der Waals surface area (Å²) in [7, 11) is 1.80. The minimum absolute atomic E-state index is 0.0814. The number of hydrogen-bond donors (Lipinski definition) is 1. The van der Waals surface area contributed by atoms with E-state index < -0.39 is 0 Å². The van der Waals surface area contributed by atoms with Crippen molar-refractivity contribution in [1.82, 2.24) is 14.3 Å². The quantitative estimate of drug-likeness (QED) is 0.565. The highest BCUT2D eigenvalue weighted by atomic mass is 32.2. The summed E-state index contributed by atoms with van der Waals surface area (Å²) < 4.78 is 27.8. The normalized spacial score (nSPS) is 11.6. The molecule has 0 bridgehead atoms. The number of aromatic nitrogens is 3. The third-order valence-corrected chi connectivity index (χ3v) is 5.74. The first-order valence-electron chi connectivity index (χ1n) is 7.13. The molecule has 1 N–H and O–H groups in total. The molecule has 4 rings (SSSR count). The van der Waals surface area contributed by atoms with Gasteiger partial charge in [-0.3, -0.25) is 4.79 Å². The minimum Gasteiger partial charge on any atom is -0.338 e. The maximum absolute atomic E-state index is 13.8. The molecule has 0 saturated carbocycles. The van der Waals surface area contributed by atoms with Crippen molar-refractivity contribution in [2.24, 2.45) is 7.05 Å². The van der Waals surface area contributed by atoms with E-state index in [-0.39, 0.29) is 17.9 Å². The van der Waals surface area contributed by atoms with Gasteiger partial charge >= 0.3 is 0 Å². The van der Waals surface area contributed by atoms with Gasteiger partial charge in [-0.15, -0.1) is 11.3 Å². The molecule has 1 aromatic carbocycles. The summed E-state index contributed by atoms with van der Waals surface area (Å²) in [6, 6.07) is 8.19. The smallest absolute Gasteiger partial charge is 0.291 e. The van der Waals surface area contributed by atoms with E-state index in [9.17, 15) is 13.7 Å². The first kappa shape index (κ1) is 15.4. The number of thiophene rings is 1. The van der Waals surface area contributed by atoms with Gasteiger partial charge in [-0.2, -0.15) is 5.10 Å². The molecule has 0 fully saturated rings. The molecule has 0 amide bonds. The summed E-state index contributed by atoms with van der Waals surface area (Å²) in [5.41, 5.74) is 1.55. The lowest BCUT2D eigenvalue weighted by Crippen LogP contribution is -2.24. The van der Waals surface area contributed by atoms with Crippen LogP contribution >= 0.6 is 23.4 Å². The average molecular weight is 361 g/mol. The molecule has 0 radical (unpaired) electrons. The van der Waals surface area contributed by atoms with Crippen LogP contribution in [0.15, 0.2) is 45.5 Å². The average Bonchev–Trinajstić information content (AvgIpc) is 3.11. The van der Waals surface area contributed by atoms with Crippen molar-refractivity contribution in [2.75, 3.05) is 0 Å². The largest absolute Gasteiger partial charge is 0.338 e. The molecule has 0 aliphatic heterocycles. The maximum atomic E-state index is 13.8. The topological polar surface area (TPSA) is 60.0 Å². The Kier molecular flexibility index (Phi) is 3.67. The van der Waals surface area contributed by atoms with Crippen LogP contribution in [-0.2, 0) is 13.6 Å². The Labute approximate surface area is 144 Å². The van der Waals surface area contributed by atoms with Crippen LogP contribution in [0.5, 0.6) is 0 Å². The lowest BCUT2D eigenvalue weighted by molar-refractivity contribution is 0.574. The molecule has 0 aliphatic carbocycles. The zero-order chi connectivity index (χ0) is 16.8. The second-order valence-corrected chi connectivity index (χ2v) is 7.32. The number of fused-ring (bicyclic) bond motifs is 3. The van der Waals surface area contributed by atoms with Gasteiger partial charge in [-0.05, 0) is 12.1 Å². The van der Waals surface area contributed by atoms with Crippen molar-refractivity contribution < 1.29 is 8.94 Å². The van der Waals surface area contributed by atoms with Crippen LogP contribution in [0.2, 0.25) is 0 Å². The standard InChI is InChI=1S/C16H12FN3O2S2/c1-19-12-6-13(24-22)23-15(12)10-7-18-20(16(21)14(10)19)8-9-4-2-3-5-11(9)17/h2-7,22H,8H2,1H3. The van der Waals surface area contributed by atoms with Crippen LogP contribution in [-0.4, -0.2) is 18.9 Å². The monoisotopic (exact) mass is 361 g/mol. The van der Waals surface area contributed by atoms with Crippen LogP contribution in [0.1, 0.15) is 5.56 Å². The molecule has 0 atom stereocenters. The van der Waals surface area contributed by atoms with E-state index in [1.807, 2.05) is 6.07 Å². The van der Waals surface area contributed by atoms with E-state index in [2.05, 4.69) is 5.10 Å². The summed E-state index contributed by atoms with van der Waals surface area (Å²) in [6.45, 7) is 0.0814. The molecule has 5 nitrogen and oxygen atoms in total. The lowest BCUT2D eigenvalue weighted by atomic mass is 10.2. The van der Waals surface area contributed by atoms with Crippen LogP contribution < -0.4 is 5.56 Å². The third-order valence-electron chi connectivity index (χ3n) is 4.02. The van der Waals surface area contributed by atoms with Crippen molar-refractivity contribution >= 4 is 44.5 Å². The summed E-state index contributed by atoms with van der Waals surface area (Å²) in [5, 5.41) is 4.95. The van der Waals surface area contributed by atoms with Crippen molar-refractivity contribution in [3.63, 3.8) is 0 Å². The summed E-state index contributed by atoms with van der Waals surface area (Å²) >= 11 is 2.10. The van der Waals surface area contributed by atoms with E-state index in [4.69, 9.17) is 0 Å². The Morgan fingerprint density at radius 1 is 1.38 bits per heavy atom. The predicted octanol–water partition coefficient (Wildman–Crippen LogP) is 3.70. The highest BCUT2D eigenvalue weighted by molar-refractivity contribution is 7.96. The second-order valence-electron chi connectivity index (χ2n) is 5.39. The predicted molar refractivity (Wildman–Crippen MR) is 94.3 cm³/mol. The van der Waals surface area contributed by atoms with E-state index >= 15 is 0 Å². The van der Waals surface area contributed by atoms with Gasteiger partial charge in [0.05, 0.1) is 27.2 Å². The maximum Gasteiger partial charge on any atom is 0.291 e. The molecular weight excluding hydrogens is 349 g/mol. The second kappa shape index (κ2) is 5.73. The number of aryl methyl sites for hydroxylation is 1. The van der Waals surface area contributed by atoms with E-state index in [0.29, 0.717) is 23.1 Å². The Balaban J connectivity index is 1.91. The van der Waals surface area contributed by atoms with Crippen LogP contribution in [0.25, 0.3) is 21.1 Å². The van der Waals surface area contributed by atoms with Gasteiger partial charge in [0.2, 0.25) is 0 Å². The van der Waals surface area contributed by atoms with Crippen molar-refractivity contribution in [3.05, 3.63) is 58.3 Å². The highest BCUT2D eigenvalue weighted by Crippen LogP contribution is 2.36. The molecule has 0 spiro atoms. The number of nitrogens with zero attached hydrogens (tertiary/aromatic N) is 3. The SMILES string of the molecule is Cn1c2cc(SO)sc2c2cnn(Cc3ccccc3F)c(=O)c21. The zero-order valence-corrected chi connectivity index (χ0v) is 14.2. The number of halogens is 1. The minimum atomic E-state index is -0.358. The molecule has 24 heavy (non-hydrogen) atoms. The zero-order valence-electron chi connectivity index (χ0n) is 12.6. The van der Waals surface area contributed by atoms with Crippen LogP contribution in [0, 0.1) is 5.82 Å². The van der Waals surface area contributed by atoms with Crippen molar-refractivity contribution in [2.45, 2.75) is 10.8 Å². The fourth-order valence-electron chi connectivity index (χ4n) is 2.84. The van der Waals surface area contributed by atoms with Crippen LogP contribution in [0.3, 0.4) is 0 Å². The first-order valence-corrected chi connectivity index (χ1v) is 8.72. The summed E-state index contributed by atoms with van der Waals surface area (Å²) in [4.78, 5) is 12.8. The number of hydrogen-bond acceptors (Lipinski definition) is 5. The molecule has 122 valence electrons. The van der Waals surface area contributed by atoms with E-state index in [0.717, 1.165) is 19.8 Å². The van der Waals surface area contributed by atoms with Gasteiger partial charge in [0.25, 0.3) is 5.56 Å². The summed E-state index contributed by atoms with van der Waals surface area (Å²) in [5.74, 6) is -0.358. The van der Waals surface area contributed by atoms with Gasteiger partial charge < -0.3 is 9.12 Å². The van der Waals surface area contributed by atoms with Gasteiger partial charge in [-0.1, -0.05) is 18.2 Å². The fraction of sp³-hybridized carbons (Fsp3) is 0.125. The number of benzene rings is 1. The molecule has 3 aromatic heterocycles. The summed E-state index contributed by atoms with van der Waals surface area (Å²) in [6.07, 6.45) is 1.63. The van der Waals surface area contributed by atoms with Gasteiger partial charge in [0, 0.05) is 30.0 Å². The fourth-order valence-corrected chi connectivity index (χ4v) is 4.33. The van der Waals surface area contributed by atoms with Gasteiger partial charge in [0.15, 0.2) is 0 Å². The lowest BCUT2D eigenvalue weighted by Gasteiger charge is -2.06. The Morgan fingerprint density at radius 2 is 2.17 bits per heavy atom. The molecule has 0 unspecified atom stereocenters. The Morgan fingerprint density at radius 3 is 2.92 bits per heavy atom. The van der Waals surface area contributed by atoms with Crippen LogP contribution in [0.4, 0.5) is 4.39 Å². The van der Waals surface area contributed by atoms with Crippen molar-refractivity contribution in [1.29, 1.82) is 0 Å². The van der Waals surface area contributed by atoms with E-state index in [1.54, 1.807) is 36.0 Å². The van der Waals surface area contributed by atoms with E-state index in [1.165, 1.54) is 22.1 Å². The molecule has 4 aromatic rings. The third kappa shape index (κ3) is 2.26. The Hall–Kier alpha value is -2.16. The molecule has 0 aliphatic rings. The highest BCUT2D eigenvalue weighted by Gasteiger charge is 2.17. The molecule has 8 heteroatoms. The van der Waals surface area contributed by atoms with Crippen molar-refractivity contribution in [3.8, 4) is 0 Å². The molecular formula is C16H12FN3O2S2. The number of rotatable bonds is 3. The molecule has 3 heterocycles. The van der Waals surface area contributed by atoms with Gasteiger partial charge in [-0.25, -0.2) is 9.07 Å².